The van der Waals surface area contributed by atoms with E-state index in [1.54, 1.807) is 23.1 Å². The quantitative estimate of drug-likeness (QED) is 0.784. The predicted octanol–water partition coefficient (Wildman–Crippen LogP) is 4.19. The number of halogens is 2. The van der Waals surface area contributed by atoms with Crippen molar-refractivity contribution in [2.75, 3.05) is 5.32 Å². The first kappa shape index (κ1) is 13.9. The molecule has 4 nitrogen and oxygen atoms in total. The van der Waals surface area contributed by atoms with Gasteiger partial charge in [0.15, 0.2) is 5.82 Å². The minimum atomic E-state index is 0.550. The molecule has 0 aliphatic rings. The molecule has 0 aliphatic heterocycles. The second-order valence-electron chi connectivity index (χ2n) is 4.39. The van der Waals surface area contributed by atoms with Crippen molar-refractivity contribution in [2.24, 2.45) is 0 Å². The van der Waals surface area contributed by atoms with Crippen LogP contribution >= 0.6 is 23.2 Å². The van der Waals surface area contributed by atoms with Crippen molar-refractivity contribution in [3.63, 3.8) is 0 Å². The molecule has 0 fully saturated rings. The summed E-state index contributed by atoms with van der Waals surface area (Å²) in [6.07, 6.45) is 5.29. The molecule has 0 bridgehead atoms. The zero-order chi connectivity index (χ0) is 14.7. The maximum Gasteiger partial charge on any atom is 0.176 e. The minimum Gasteiger partial charge on any atom is -0.378 e. The van der Waals surface area contributed by atoms with Gasteiger partial charge in [0.1, 0.15) is 0 Å². The van der Waals surface area contributed by atoms with Gasteiger partial charge in [-0.3, -0.25) is 0 Å². The van der Waals surface area contributed by atoms with E-state index in [0.717, 1.165) is 17.1 Å². The van der Waals surface area contributed by atoms with Crippen molar-refractivity contribution in [1.82, 2.24) is 14.8 Å². The summed E-state index contributed by atoms with van der Waals surface area (Å²) in [6.45, 7) is 0.555. The lowest BCUT2D eigenvalue weighted by atomic mass is 10.2. The molecule has 2 heterocycles. The third kappa shape index (κ3) is 3.01. The summed E-state index contributed by atoms with van der Waals surface area (Å²) in [5, 5.41) is 8.64. The van der Waals surface area contributed by atoms with Gasteiger partial charge in [-0.2, -0.15) is 5.10 Å². The van der Waals surface area contributed by atoms with Gasteiger partial charge in [-0.1, -0.05) is 35.3 Å². The van der Waals surface area contributed by atoms with Crippen LogP contribution in [0.15, 0.2) is 55.0 Å². The van der Waals surface area contributed by atoms with E-state index in [0.29, 0.717) is 16.6 Å². The maximum atomic E-state index is 6.19. The normalized spacial score (nSPS) is 10.6. The number of nitrogens with zero attached hydrogens (tertiary/aromatic N) is 3. The van der Waals surface area contributed by atoms with Gasteiger partial charge in [-0.25, -0.2) is 9.67 Å². The Kier molecular flexibility index (Phi) is 4.08. The number of anilines is 1. The van der Waals surface area contributed by atoms with Crippen LogP contribution in [0.4, 0.5) is 5.69 Å². The van der Waals surface area contributed by atoms with Gasteiger partial charge >= 0.3 is 0 Å². The Balaban J connectivity index is 1.85. The number of aromatic nitrogens is 3. The first-order valence-electron chi connectivity index (χ1n) is 6.37. The van der Waals surface area contributed by atoms with E-state index in [4.69, 9.17) is 23.2 Å². The molecule has 1 N–H and O–H groups in total. The highest BCUT2D eigenvalue weighted by molar-refractivity contribution is 6.42. The minimum absolute atomic E-state index is 0.550. The summed E-state index contributed by atoms with van der Waals surface area (Å²) in [5.41, 5.74) is 1.80. The van der Waals surface area contributed by atoms with Crippen molar-refractivity contribution in [3.05, 3.63) is 70.6 Å². The topological polar surface area (TPSA) is 42.7 Å². The molecule has 3 aromatic rings. The first-order valence-corrected chi connectivity index (χ1v) is 7.13. The van der Waals surface area contributed by atoms with Gasteiger partial charge in [0, 0.05) is 25.1 Å². The molecule has 0 saturated heterocycles. The smallest absolute Gasteiger partial charge is 0.176 e. The Labute approximate surface area is 132 Å². The zero-order valence-corrected chi connectivity index (χ0v) is 12.5. The molecular weight excluding hydrogens is 307 g/mol. The van der Waals surface area contributed by atoms with Gasteiger partial charge in [-0.15, -0.1) is 0 Å². The average Bonchev–Trinajstić information content (AvgIpc) is 3.03. The van der Waals surface area contributed by atoms with Crippen molar-refractivity contribution >= 4 is 28.9 Å². The molecule has 21 heavy (non-hydrogen) atoms. The van der Waals surface area contributed by atoms with Gasteiger partial charge in [0.25, 0.3) is 0 Å². The number of pyridine rings is 1. The Bertz CT molecular complexity index is 741. The second kappa shape index (κ2) is 6.16. The van der Waals surface area contributed by atoms with Crippen LogP contribution in [-0.2, 0) is 6.54 Å². The highest BCUT2D eigenvalue weighted by atomic mass is 35.5. The summed E-state index contributed by atoms with van der Waals surface area (Å²) < 4.78 is 1.71. The molecule has 0 spiro atoms. The monoisotopic (exact) mass is 318 g/mol. The van der Waals surface area contributed by atoms with Crippen LogP contribution in [0.5, 0.6) is 0 Å². The molecule has 0 saturated carbocycles. The van der Waals surface area contributed by atoms with Gasteiger partial charge in [0.2, 0.25) is 0 Å². The van der Waals surface area contributed by atoms with Crippen molar-refractivity contribution in [3.8, 4) is 5.82 Å². The van der Waals surface area contributed by atoms with E-state index in [1.165, 1.54) is 0 Å². The van der Waals surface area contributed by atoms with Gasteiger partial charge in [0.05, 0.1) is 15.7 Å². The van der Waals surface area contributed by atoms with Crippen LogP contribution in [0.25, 0.3) is 5.82 Å². The van der Waals surface area contributed by atoms with E-state index >= 15 is 0 Å². The number of rotatable bonds is 4. The molecule has 0 aliphatic carbocycles. The average molecular weight is 319 g/mol. The maximum absolute atomic E-state index is 6.19. The summed E-state index contributed by atoms with van der Waals surface area (Å²) in [7, 11) is 0. The molecule has 2 aromatic heterocycles. The Morgan fingerprint density at radius 1 is 1.05 bits per heavy atom. The summed E-state index contributed by atoms with van der Waals surface area (Å²) in [6, 6.07) is 11.3. The van der Waals surface area contributed by atoms with Gasteiger partial charge < -0.3 is 5.32 Å². The van der Waals surface area contributed by atoms with Crippen LogP contribution in [-0.4, -0.2) is 14.8 Å². The Hall–Kier alpha value is -2.04. The Morgan fingerprint density at radius 3 is 2.76 bits per heavy atom. The molecule has 0 radical (unpaired) electrons. The zero-order valence-electron chi connectivity index (χ0n) is 11.0. The van der Waals surface area contributed by atoms with E-state index in [-0.39, 0.29) is 0 Å². The fourth-order valence-electron chi connectivity index (χ4n) is 1.99. The van der Waals surface area contributed by atoms with Crippen molar-refractivity contribution < 1.29 is 0 Å². The lowest BCUT2D eigenvalue weighted by molar-refractivity contribution is 0.846. The lowest BCUT2D eigenvalue weighted by Crippen LogP contribution is -2.06. The van der Waals surface area contributed by atoms with E-state index in [1.807, 2.05) is 36.5 Å². The first-order chi connectivity index (χ1) is 10.3. The highest BCUT2D eigenvalue weighted by Crippen LogP contribution is 2.26. The summed E-state index contributed by atoms with van der Waals surface area (Å²) in [4.78, 5) is 4.35. The molecule has 1 aromatic carbocycles. The van der Waals surface area contributed by atoms with E-state index < -0.39 is 0 Å². The molecular formula is C15H12Cl2N4. The third-order valence-corrected chi connectivity index (χ3v) is 3.87. The van der Waals surface area contributed by atoms with Crippen molar-refractivity contribution in [1.29, 1.82) is 0 Å². The number of nitrogens with one attached hydrogen (secondary N) is 1. The standard InChI is InChI=1S/C15H12Cl2N4/c16-12-5-1-4-11(14(12)17)10-19-13-6-2-7-18-15(13)21-9-3-8-20-21/h1-9,19H,10H2. The van der Waals surface area contributed by atoms with Crippen LogP contribution < -0.4 is 5.32 Å². The Morgan fingerprint density at radius 2 is 1.95 bits per heavy atom. The van der Waals surface area contributed by atoms with E-state index in [9.17, 15) is 0 Å². The predicted molar refractivity (Wildman–Crippen MR) is 85.1 cm³/mol. The van der Waals surface area contributed by atoms with Crippen LogP contribution in [0, 0.1) is 0 Å². The third-order valence-electron chi connectivity index (χ3n) is 3.01. The largest absolute Gasteiger partial charge is 0.378 e. The molecule has 106 valence electrons. The second-order valence-corrected chi connectivity index (χ2v) is 5.18. The van der Waals surface area contributed by atoms with Crippen LogP contribution in [0.1, 0.15) is 5.56 Å². The van der Waals surface area contributed by atoms with E-state index in [2.05, 4.69) is 15.4 Å². The SMILES string of the molecule is Clc1cccc(CNc2cccnc2-n2cccn2)c1Cl. The number of hydrogen-bond donors (Lipinski definition) is 1. The van der Waals surface area contributed by atoms with Crippen LogP contribution in [0.3, 0.4) is 0 Å². The molecule has 0 unspecified atom stereocenters. The summed E-state index contributed by atoms with van der Waals surface area (Å²) >= 11 is 12.2. The van der Waals surface area contributed by atoms with Gasteiger partial charge in [-0.05, 0) is 29.8 Å². The molecule has 3 rings (SSSR count). The highest BCUT2D eigenvalue weighted by Gasteiger charge is 2.08. The fraction of sp³-hybridized carbons (Fsp3) is 0.0667. The van der Waals surface area contributed by atoms with Crippen molar-refractivity contribution in [2.45, 2.75) is 6.54 Å². The fourth-order valence-corrected chi connectivity index (χ4v) is 2.37. The molecule has 0 atom stereocenters. The molecule has 6 heteroatoms. The molecule has 0 amide bonds. The summed E-state index contributed by atoms with van der Waals surface area (Å²) in [5.74, 6) is 0.737. The number of benzene rings is 1. The van der Waals surface area contributed by atoms with Crippen LogP contribution in [0.2, 0.25) is 10.0 Å². The number of hydrogen-bond acceptors (Lipinski definition) is 3. The lowest BCUT2D eigenvalue weighted by Gasteiger charge is -2.12.